The Kier molecular flexibility index (Phi) is 15.6. The number of carbonyl (C=O) groups excluding carboxylic acids is 4. The van der Waals surface area contributed by atoms with E-state index in [0.29, 0.717) is 6.42 Å². The number of aliphatic carboxylic acids is 2. The highest BCUT2D eigenvalue weighted by atomic mass is 16.4. The highest BCUT2D eigenvalue weighted by molar-refractivity contribution is 5.97. The predicted octanol–water partition coefficient (Wildman–Crippen LogP) is -5.69. The highest BCUT2D eigenvalue weighted by Crippen LogP contribution is 2.04. The third-order valence-corrected chi connectivity index (χ3v) is 4.91. The van der Waals surface area contributed by atoms with E-state index in [1.165, 1.54) is 0 Å². The van der Waals surface area contributed by atoms with Crippen molar-refractivity contribution in [3.63, 3.8) is 0 Å². The summed E-state index contributed by atoms with van der Waals surface area (Å²) in [4.78, 5) is 79.7. The first kappa shape index (κ1) is 34.3. The van der Waals surface area contributed by atoms with E-state index in [0.717, 1.165) is 0 Å². The molecule has 0 rings (SSSR count). The molecule has 4 unspecified atom stereocenters. The standard InChI is InChI=1S/C20H37N11O8/c21-9(3-1-5-27-19(23)24)15(35)30-11(7-13(22)32)16(36)31-12(8-14(33)34)17(37)29-10(18(38)39)4-2-6-28-20(25)26/h9-12H,1-8,21H2,(H2,22,32)(H,29,37)(H,30,35)(H,31,36)(H,33,34)(H,38,39)(H4,23,24,27)(H4,25,26,28). The molecule has 0 spiro atoms. The van der Waals surface area contributed by atoms with Crippen LogP contribution in [0.1, 0.15) is 38.5 Å². The number of nitrogens with two attached hydrogens (primary N) is 6. The second-order valence-corrected chi connectivity index (χ2v) is 8.29. The maximum atomic E-state index is 12.8. The SMILES string of the molecule is NC(=O)CC(NC(=O)C(N)CCCN=C(N)N)C(=O)NC(CC(=O)O)C(=O)NC(CCCN=C(N)N)C(=O)O. The fourth-order valence-corrected chi connectivity index (χ4v) is 3.03. The van der Waals surface area contributed by atoms with Gasteiger partial charge in [0.15, 0.2) is 11.9 Å². The molecule has 0 aliphatic carbocycles. The molecule has 39 heavy (non-hydrogen) atoms. The van der Waals surface area contributed by atoms with Gasteiger partial charge in [-0.25, -0.2) is 4.79 Å². The van der Waals surface area contributed by atoms with Gasteiger partial charge in [-0.2, -0.15) is 0 Å². The molecule has 0 aliphatic heterocycles. The van der Waals surface area contributed by atoms with Crippen molar-refractivity contribution in [2.45, 2.75) is 62.7 Å². The summed E-state index contributed by atoms with van der Waals surface area (Å²) in [5.74, 6) is -7.40. The Morgan fingerprint density at radius 3 is 1.51 bits per heavy atom. The van der Waals surface area contributed by atoms with E-state index in [2.05, 4.69) is 25.9 Å². The van der Waals surface area contributed by atoms with Crippen molar-refractivity contribution < 1.29 is 39.0 Å². The average molecular weight is 560 g/mol. The summed E-state index contributed by atoms with van der Waals surface area (Å²) in [6.07, 6.45) is -1.19. The molecular weight excluding hydrogens is 522 g/mol. The van der Waals surface area contributed by atoms with E-state index in [9.17, 15) is 39.0 Å². The van der Waals surface area contributed by atoms with Crippen LogP contribution in [0.3, 0.4) is 0 Å². The van der Waals surface area contributed by atoms with Gasteiger partial charge in [0.05, 0.1) is 18.9 Å². The Morgan fingerprint density at radius 2 is 1.08 bits per heavy atom. The molecule has 0 saturated heterocycles. The van der Waals surface area contributed by atoms with Gasteiger partial charge in [0.1, 0.15) is 18.1 Å². The van der Waals surface area contributed by atoms with Crippen LogP contribution in [-0.2, 0) is 28.8 Å². The number of carboxylic acid groups (broad SMARTS) is 2. The lowest BCUT2D eigenvalue weighted by Crippen LogP contribution is -2.58. The van der Waals surface area contributed by atoms with Gasteiger partial charge >= 0.3 is 11.9 Å². The minimum atomic E-state index is -1.77. The fourth-order valence-electron chi connectivity index (χ4n) is 3.03. The Bertz CT molecular complexity index is 948. The molecule has 4 atom stereocenters. The van der Waals surface area contributed by atoms with Crippen molar-refractivity contribution in [3.8, 4) is 0 Å². The van der Waals surface area contributed by atoms with E-state index in [1.54, 1.807) is 0 Å². The molecule has 0 bridgehead atoms. The van der Waals surface area contributed by atoms with Gasteiger partial charge < -0.3 is 60.6 Å². The first-order valence-electron chi connectivity index (χ1n) is 11.6. The number of carbonyl (C=O) groups is 6. The van der Waals surface area contributed by atoms with Crippen LogP contribution in [-0.4, -0.2) is 95.0 Å². The third kappa shape index (κ3) is 15.9. The largest absolute Gasteiger partial charge is 0.481 e. The summed E-state index contributed by atoms with van der Waals surface area (Å²) in [5, 5.41) is 25.0. The van der Waals surface area contributed by atoms with E-state index in [-0.39, 0.29) is 44.3 Å². The Balaban J connectivity index is 5.44. The molecule has 19 heteroatoms. The van der Waals surface area contributed by atoms with Crippen LogP contribution in [0.5, 0.6) is 0 Å². The number of nitrogens with zero attached hydrogens (tertiary/aromatic N) is 2. The number of nitrogens with one attached hydrogen (secondary N) is 3. The highest BCUT2D eigenvalue weighted by Gasteiger charge is 2.32. The minimum absolute atomic E-state index is 0.0716. The van der Waals surface area contributed by atoms with Gasteiger partial charge in [-0.15, -0.1) is 0 Å². The molecule has 220 valence electrons. The summed E-state index contributed by atoms with van der Waals surface area (Å²) in [6.45, 7) is 0.258. The number of hydrogen-bond acceptors (Lipinski definition) is 9. The molecule has 0 saturated carbocycles. The molecule has 0 aromatic heterocycles. The first-order chi connectivity index (χ1) is 18.1. The number of amides is 4. The van der Waals surface area contributed by atoms with Crippen molar-refractivity contribution >= 4 is 47.5 Å². The Labute approximate surface area is 223 Å². The number of hydrogen-bond donors (Lipinski definition) is 11. The van der Waals surface area contributed by atoms with Crippen LogP contribution in [0.25, 0.3) is 0 Å². The zero-order chi connectivity index (χ0) is 30.1. The summed E-state index contributed by atoms with van der Waals surface area (Å²) in [6, 6.07) is -5.97. The number of rotatable bonds is 19. The summed E-state index contributed by atoms with van der Waals surface area (Å²) in [7, 11) is 0. The van der Waals surface area contributed by atoms with E-state index in [1.807, 2.05) is 0 Å². The maximum absolute atomic E-state index is 12.8. The van der Waals surface area contributed by atoms with E-state index in [4.69, 9.17) is 34.4 Å². The fraction of sp³-hybridized carbons (Fsp3) is 0.600. The number of carboxylic acids is 2. The van der Waals surface area contributed by atoms with Crippen molar-refractivity contribution in [1.29, 1.82) is 0 Å². The Hall–Kier alpha value is -4.68. The lowest BCUT2D eigenvalue weighted by molar-refractivity contribution is -0.144. The van der Waals surface area contributed by atoms with Crippen molar-refractivity contribution in [2.75, 3.05) is 13.1 Å². The van der Waals surface area contributed by atoms with Gasteiger partial charge in [0, 0.05) is 13.1 Å². The molecule has 0 fully saturated rings. The number of aliphatic imine (C=N–C) groups is 2. The minimum Gasteiger partial charge on any atom is -0.481 e. The zero-order valence-electron chi connectivity index (χ0n) is 21.2. The predicted molar refractivity (Wildman–Crippen MR) is 137 cm³/mol. The first-order valence-corrected chi connectivity index (χ1v) is 11.6. The van der Waals surface area contributed by atoms with Gasteiger partial charge in [0.25, 0.3) is 0 Å². The van der Waals surface area contributed by atoms with Gasteiger partial charge in [-0.1, -0.05) is 0 Å². The van der Waals surface area contributed by atoms with E-state index < -0.39 is 72.6 Å². The topological polar surface area (TPSA) is 360 Å². The second kappa shape index (κ2) is 17.7. The molecule has 17 N–H and O–H groups in total. The van der Waals surface area contributed by atoms with Crippen molar-refractivity contribution in [2.24, 2.45) is 44.4 Å². The van der Waals surface area contributed by atoms with Crippen molar-refractivity contribution in [3.05, 3.63) is 0 Å². The lowest BCUT2D eigenvalue weighted by atomic mass is 10.1. The molecular formula is C20H37N11O8. The lowest BCUT2D eigenvalue weighted by Gasteiger charge is -2.24. The number of guanidine groups is 2. The Morgan fingerprint density at radius 1 is 0.641 bits per heavy atom. The maximum Gasteiger partial charge on any atom is 0.326 e. The van der Waals surface area contributed by atoms with Gasteiger partial charge in [-0.3, -0.25) is 34.0 Å². The third-order valence-electron chi connectivity index (χ3n) is 4.91. The quantitative estimate of drug-likeness (QED) is 0.0399. The monoisotopic (exact) mass is 559 g/mol. The van der Waals surface area contributed by atoms with Crippen LogP contribution in [0.15, 0.2) is 9.98 Å². The van der Waals surface area contributed by atoms with Crippen LogP contribution in [0.4, 0.5) is 0 Å². The van der Waals surface area contributed by atoms with Gasteiger partial charge in [-0.05, 0) is 25.7 Å². The van der Waals surface area contributed by atoms with Crippen LogP contribution >= 0.6 is 0 Å². The summed E-state index contributed by atoms with van der Waals surface area (Å²) in [5.41, 5.74) is 31.7. The van der Waals surface area contributed by atoms with Crippen LogP contribution in [0, 0.1) is 0 Å². The smallest absolute Gasteiger partial charge is 0.326 e. The van der Waals surface area contributed by atoms with Crippen LogP contribution < -0.4 is 50.4 Å². The van der Waals surface area contributed by atoms with Crippen LogP contribution in [0.2, 0.25) is 0 Å². The molecule has 4 amide bonds. The molecule has 19 nitrogen and oxygen atoms in total. The molecule has 0 heterocycles. The second-order valence-electron chi connectivity index (χ2n) is 8.29. The zero-order valence-corrected chi connectivity index (χ0v) is 21.2. The molecule has 0 aliphatic rings. The normalized spacial score (nSPS) is 13.5. The average Bonchev–Trinajstić information content (AvgIpc) is 2.81. The summed E-state index contributed by atoms with van der Waals surface area (Å²) >= 11 is 0. The summed E-state index contributed by atoms with van der Waals surface area (Å²) < 4.78 is 0. The molecule has 0 radical (unpaired) electrons. The number of primary amides is 1. The molecule has 0 aromatic rings. The molecule has 0 aromatic carbocycles. The van der Waals surface area contributed by atoms with E-state index >= 15 is 0 Å². The van der Waals surface area contributed by atoms with Gasteiger partial charge in [0.2, 0.25) is 23.6 Å². The van der Waals surface area contributed by atoms with Crippen molar-refractivity contribution in [1.82, 2.24) is 16.0 Å².